The van der Waals surface area contributed by atoms with Crippen molar-refractivity contribution in [2.75, 3.05) is 81.7 Å². The number of thioether (sulfide) groups is 3. The highest BCUT2D eigenvalue weighted by Crippen LogP contribution is 2.50. The summed E-state index contributed by atoms with van der Waals surface area (Å²) in [6.07, 6.45) is -11.4. The number of carbonyl (C=O) groups is 9. The number of aliphatic hydroxyl groups is 2. The van der Waals surface area contributed by atoms with Gasteiger partial charge in [-0.05, 0) is 132 Å². The first-order valence-corrected chi connectivity index (χ1v) is 47.2. The second-order valence-electron chi connectivity index (χ2n) is 32.4. The largest absolute Gasteiger partial charge is 0.490 e. The third kappa shape index (κ3) is 47.7. The van der Waals surface area contributed by atoms with Crippen LogP contribution < -0.4 is 28.6 Å². The number of nitriles is 2. The molecule has 5 aliphatic heterocycles. The van der Waals surface area contributed by atoms with Crippen molar-refractivity contribution < 1.29 is 171 Å². The van der Waals surface area contributed by atoms with Gasteiger partial charge in [0, 0.05) is 70.4 Å². The number of amides is 3. The Morgan fingerprint density at radius 1 is 0.614 bits per heavy atom. The van der Waals surface area contributed by atoms with E-state index in [1.807, 2.05) is 69.2 Å². The number of phosphoric acid groups is 2. The number of aliphatic hydroxyl groups excluding tert-OH is 2. The molecule has 16 atom stereocenters. The fourth-order valence-corrected chi connectivity index (χ4v) is 15.7. The molecular formula is C73H115F6N15O31P2S5. The van der Waals surface area contributed by atoms with E-state index >= 15 is 0 Å². The van der Waals surface area contributed by atoms with Gasteiger partial charge < -0.3 is 101 Å². The Balaban J connectivity index is 0.000000835. The maximum atomic E-state index is 12.9. The normalized spacial score (nSPS) is 21.5. The zero-order valence-electron chi connectivity index (χ0n) is 74.1. The Morgan fingerprint density at radius 2 is 1.03 bits per heavy atom. The lowest BCUT2D eigenvalue weighted by Crippen LogP contribution is -2.35. The van der Waals surface area contributed by atoms with Crippen LogP contribution in [0.1, 0.15) is 160 Å². The third-order valence-electron chi connectivity index (χ3n) is 17.8. The summed E-state index contributed by atoms with van der Waals surface area (Å²) in [4.78, 5) is 159. The number of fused-ring (bicyclic) bond motifs is 1. The lowest BCUT2D eigenvalue weighted by atomic mass is 10.0. The molecule has 0 spiro atoms. The van der Waals surface area contributed by atoms with E-state index in [0.717, 1.165) is 30.3 Å². The molecule has 0 bridgehead atoms. The summed E-state index contributed by atoms with van der Waals surface area (Å²) in [6.45, 7) is 24.5. The average molecular weight is 2040 g/mol. The van der Waals surface area contributed by atoms with Gasteiger partial charge in [0.15, 0.2) is 30.9 Å². The van der Waals surface area contributed by atoms with Crippen LogP contribution >= 0.6 is 50.9 Å². The fraction of sp³-hybridized carbons (Fsp3) is 0.726. The first kappa shape index (κ1) is 122. The highest BCUT2D eigenvalue weighted by Gasteiger charge is 2.48. The van der Waals surface area contributed by atoms with Crippen molar-refractivity contribution in [1.82, 2.24) is 43.8 Å². The minimum Gasteiger partial charge on any atom is -0.481 e. The number of hydrogen-bond donors (Lipinski definition) is 13. The van der Waals surface area contributed by atoms with Crippen LogP contribution in [-0.2, 0) is 107 Å². The summed E-state index contributed by atoms with van der Waals surface area (Å²) in [7, 11) is -9.96. The standard InChI is InChI=1S/C19H26N8O13P2.2C15H24N2O4S.C13H23NO4S.C7H16N2O2.2C2HF3O2.S2/c20-11-1-2-26(19(30)25-11)12-3-8(9(38-12)4-36-41(31,32)33)40-42(34,35)37-5-10-14(28)15(29)18(39-10)27-7-24-13-16(21)22-6-23-17(13)27;2*1-11(13(18)20-8-7-16)5-6-12-9-17(10-22-12)14(19)21-15(2,3)4;1-9(11(15)16)5-6-10-7-14(8-19-10)12(17)18-13(2,3)4;1-5(4-8)2-3-6(9)7(10)11;2*3-2(4,5)1(6)7;1-2/h1-2,6-10,12,14-15,18,28-29H,3-5H2,(H,34,35)(H2,20,25,30)(H2,21,22,23)(H2,31,32,33);2*11-12H,5-6,8-10H2,1-4H3;9-10H,5-8H2,1-4H3,(H,15,16);5-6H,2-4,8-9H2,1H3,(H,10,11);2*(H,6,7);/t8?,9-,10-,12-,14?,15?,18-;2*11-,12?;9-,10?;;;;/m1000..../s1. The number of aromatic nitrogens is 6. The highest BCUT2D eigenvalue weighted by atomic mass is 32.8. The number of nitrogens with zero attached hydrogens (tertiary/aromatic N) is 11. The van der Waals surface area contributed by atoms with Crippen molar-refractivity contribution in [2.24, 2.45) is 35.1 Å². The number of esters is 2. The summed E-state index contributed by atoms with van der Waals surface area (Å²) in [5, 5.41) is 70.3. The van der Waals surface area contributed by atoms with Crippen LogP contribution in [0.15, 0.2) is 29.7 Å². The Labute approximate surface area is 777 Å². The van der Waals surface area contributed by atoms with E-state index in [2.05, 4.69) is 46.8 Å². The van der Waals surface area contributed by atoms with E-state index in [4.69, 9.17) is 115 Å². The predicted octanol–water partition coefficient (Wildman–Crippen LogP) is 7.16. The summed E-state index contributed by atoms with van der Waals surface area (Å²) in [5.74, 6) is -6.45. The number of imidazole rings is 1. The lowest BCUT2D eigenvalue weighted by molar-refractivity contribution is -0.193. The SMILES string of the molecule is CC(CN)CCC(N)C(=O)O.C[C@@H](CCC1CN(C(=O)OC(C)(C)C)CS1)C(=O)O.C[C@@H](CCC1CN(C(=O)OC(C)(C)C)CS1)C(=O)OCC#N.C[C@@H](CCC1CN(C(=O)OC(C)(C)C)CS1)C(=O)OCC#N.Nc1ccn([C@H]2CC(OP(=O)(O)OC[C@H]3O[C@@H](n4cnc5c(N)ncnc54)C(O)C3O)[C@@H](COP(=O)(O)O)O2)c(=O)n1.O=C(O)C(F)(F)F.O=C(O)C(F)(F)F.S=S. The molecule has 750 valence electrons. The number of halogens is 6. The highest BCUT2D eigenvalue weighted by molar-refractivity contribution is 8.07. The van der Waals surface area contributed by atoms with Gasteiger partial charge in [0.05, 0.1) is 54.9 Å². The summed E-state index contributed by atoms with van der Waals surface area (Å²) >= 11 is 12.4. The van der Waals surface area contributed by atoms with E-state index in [9.17, 15) is 88.9 Å². The molecule has 0 radical (unpaired) electrons. The Kier molecular flexibility index (Phi) is 52.5. The molecule has 8 heterocycles. The monoisotopic (exact) mass is 2030 g/mol. The van der Waals surface area contributed by atoms with Crippen molar-refractivity contribution >= 4 is 150 Å². The maximum Gasteiger partial charge on any atom is 0.490 e. The van der Waals surface area contributed by atoms with Gasteiger partial charge in [0.25, 0.3) is 0 Å². The third-order valence-corrected chi connectivity index (χ3v) is 23.2. The number of nitrogens with two attached hydrogens (primary N) is 4. The van der Waals surface area contributed by atoms with E-state index in [1.54, 1.807) is 82.9 Å². The summed E-state index contributed by atoms with van der Waals surface area (Å²) in [6, 6.07) is 4.13. The van der Waals surface area contributed by atoms with Gasteiger partial charge in [0.1, 0.15) is 89.4 Å². The minimum absolute atomic E-state index is 0.0704. The molecule has 17 N–H and O–H groups in total. The molecule has 3 aromatic heterocycles. The second kappa shape index (κ2) is 56.9. The number of alkyl halides is 6. The molecule has 9 unspecified atom stereocenters. The van der Waals surface area contributed by atoms with Gasteiger partial charge >= 0.3 is 87.8 Å². The van der Waals surface area contributed by atoms with Gasteiger partial charge in [-0.1, -0.05) is 27.7 Å². The van der Waals surface area contributed by atoms with Crippen LogP contribution in [0.2, 0.25) is 0 Å². The number of phosphoric ester groups is 2. The van der Waals surface area contributed by atoms with Crippen LogP contribution in [0.5, 0.6) is 0 Å². The van der Waals surface area contributed by atoms with E-state index in [0.29, 0.717) is 91.2 Å². The molecule has 3 amide bonds. The second-order valence-corrected chi connectivity index (χ2v) is 38.8. The molecule has 5 aliphatic rings. The number of carbonyl (C=O) groups excluding carboxylic acids is 5. The number of ether oxygens (including phenoxy) is 7. The van der Waals surface area contributed by atoms with Gasteiger partial charge in [-0.3, -0.25) is 56.6 Å². The zero-order chi connectivity index (χ0) is 102. The molecule has 3 aromatic rings. The Morgan fingerprint density at radius 3 is 1.40 bits per heavy atom. The van der Waals surface area contributed by atoms with E-state index in [-0.39, 0.29) is 90.4 Å². The number of anilines is 2. The predicted molar refractivity (Wildman–Crippen MR) is 464 cm³/mol. The van der Waals surface area contributed by atoms with Crippen LogP contribution in [0.3, 0.4) is 0 Å². The lowest BCUT2D eigenvalue weighted by Gasteiger charge is -2.24. The smallest absolute Gasteiger partial charge is 0.481 e. The number of rotatable bonds is 29. The molecule has 46 nitrogen and oxygen atoms in total. The molecule has 132 heavy (non-hydrogen) atoms. The average Bonchev–Trinajstić information content (AvgIpc) is 1.62. The van der Waals surface area contributed by atoms with Crippen LogP contribution in [0, 0.1) is 46.3 Å². The molecule has 5 saturated heterocycles. The van der Waals surface area contributed by atoms with E-state index in [1.165, 1.54) is 29.5 Å². The number of carboxylic acid groups (broad SMARTS) is 4. The fourth-order valence-electron chi connectivity index (χ4n) is 10.9. The molecule has 0 aromatic carbocycles. The molecular weight excluding hydrogens is 1920 g/mol. The van der Waals surface area contributed by atoms with Crippen molar-refractivity contribution in [3.8, 4) is 12.1 Å². The molecule has 8 rings (SSSR count). The van der Waals surface area contributed by atoms with Gasteiger partial charge in [0.2, 0.25) is 0 Å². The van der Waals surface area contributed by atoms with Crippen LogP contribution in [0.4, 0.5) is 52.4 Å². The molecule has 0 saturated carbocycles. The minimum atomic E-state index is -5.08. The topological polar surface area (TPSA) is 702 Å². The first-order chi connectivity index (χ1) is 60.8. The quantitative estimate of drug-likeness (QED) is 0.0142. The number of hydrogen-bond acceptors (Lipinski definition) is 39. The van der Waals surface area contributed by atoms with Crippen LogP contribution in [0.25, 0.3) is 11.2 Å². The van der Waals surface area contributed by atoms with Crippen molar-refractivity contribution in [2.45, 2.75) is 242 Å². The molecule has 5 fully saturated rings. The number of nitrogen functional groups attached to an aromatic ring is 2. The summed E-state index contributed by atoms with van der Waals surface area (Å²) < 4.78 is 141. The van der Waals surface area contributed by atoms with Crippen molar-refractivity contribution in [1.29, 1.82) is 10.5 Å². The van der Waals surface area contributed by atoms with Crippen LogP contribution in [-0.4, -0.2) is 295 Å². The Bertz CT molecular complexity index is 4350. The zero-order valence-corrected chi connectivity index (χ0v) is 79.9. The van der Waals surface area contributed by atoms with Gasteiger partial charge in [-0.2, -0.15) is 41.9 Å². The first-order valence-electron chi connectivity index (χ1n) is 39.7. The molecule has 59 heteroatoms. The van der Waals surface area contributed by atoms with E-state index < -0.39 is 137 Å². The van der Waals surface area contributed by atoms with Gasteiger partial charge in [-0.15, -0.1) is 35.3 Å². The van der Waals surface area contributed by atoms with Gasteiger partial charge in [-0.25, -0.2) is 52.8 Å². The number of aliphatic carboxylic acids is 4. The van der Waals surface area contributed by atoms with Crippen molar-refractivity contribution in [3.63, 3.8) is 0 Å². The Hall–Kier alpha value is -8.31. The summed E-state index contributed by atoms with van der Waals surface area (Å²) in [5.41, 5.74) is 20.0. The van der Waals surface area contributed by atoms with Crippen molar-refractivity contribution in [3.05, 3.63) is 35.4 Å². The maximum absolute atomic E-state index is 12.9. The number of carboxylic acids is 4. The molecule has 0 aliphatic carbocycles.